The molecule has 1 saturated heterocycles. The van der Waals surface area contributed by atoms with E-state index in [0.717, 1.165) is 12.1 Å². The molecular formula is C16H19FN6O5S. The summed E-state index contributed by atoms with van der Waals surface area (Å²) < 4.78 is 40.4. The van der Waals surface area contributed by atoms with E-state index in [1.165, 1.54) is 6.07 Å². The first kappa shape index (κ1) is 20.4. The van der Waals surface area contributed by atoms with Gasteiger partial charge in [0, 0.05) is 24.4 Å². The Bertz CT molecular complexity index is 1040. The fraction of sp³-hybridized carbons (Fsp3) is 0.312. The number of nitrogens with zero attached hydrogens (tertiary/aromatic N) is 3. The van der Waals surface area contributed by atoms with Crippen molar-refractivity contribution < 1.29 is 27.8 Å². The topological polar surface area (TPSA) is 157 Å². The molecule has 2 aromatic rings. The van der Waals surface area contributed by atoms with Crippen molar-refractivity contribution in [3.8, 4) is 11.6 Å². The Labute approximate surface area is 165 Å². The number of anilines is 4. The van der Waals surface area contributed by atoms with Gasteiger partial charge < -0.3 is 20.8 Å². The van der Waals surface area contributed by atoms with Crippen LogP contribution in [0.25, 0.3) is 0 Å². The number of phenolic OH excluding ortho intramolecular Hbond substituents is 1. The molecule has 5 N–H and O–H groups in total. The number of aromatic hydroxyl groups is 2. The number of carbonyl (C=O) groups excluding carboxylic acids is 1. The Balaban J connectivity index is 1.87. The molecular weight excluding hydrogens is 407 g/mol. The molecule has 1 aliphatic rings. The first-order valence-electron chi connectivity index (χ1n) is 8.50. The zero-order chi connectivity index (χ0) is 21.3. The second-order valence-electron chi connectivity index (χ2n) is 6.70. The van der Waals surface area contributed by atoms with Crippen molar-refractivity contribution in [1.82, 2.24) is 14.7 Å². The zero-order valence-corrected chi connectivity index (χ0v) is 16.3. The van der Waals surface area contributed by atoms with E-state index in [2.05, 4.69) is 20.6 Å². The molecule has 0 radical (unpaired) electrons. The van der Waals surface area contributed by atoms with Crippen LogP contribution in [0.5, 0.6) is 11.6 Å². The lowest BCUT2D eigenvalue weighted by molar-refractivity contribution is -0.117. The van der Waals surface area contributed by atoms with Gasteiger partial charge >= 0.3 is 10.2 Å². The van der Waals surface area contributed by atoms with E-state index in [-0.39, 0.29) is 17.5 Å². The average Bonchev–Trinajstić information content (AvgIpc) is 2.84. The smallest absolute Gasteiger partial charge is 0.326 e. The predicted molar refractivity (Wildman–Crippen MR) is 103 cm³/mol. The Kier molecular flexibility index (Phi) is 5.33. The van der Waals surface area contributed by atoms with Crippen LogP contribution < -0.4 is 19.7 Å². The van der Waals surface area contributed by atoms with Gasteiger partial charge in [0.05, 0.1) is 0 Å². The maximum Gasteiger partial charge on any atom is 0.326 e. The Morgan fingerprint density at radius 2 is 2.00 bits per heavy atom. The van der Waals surface area contributed by atoms with Crippen molar-refractivity contribution in [2.75, 3.05) is 28.0 Å². The molecule has 1 aromatic carbocycles. The second-order valence-corrected chi connectivity index (χ2v) is 8.29. The Morgan fingerprint density at radius 1 is 1.28 bits per heavy atom. The largest absolute Gasteiger partial charge is 0.506 e. The molecule has 0 bridgehead atoms. The van der Waals surface area contributed by atoms with Crippen molar-refractivity contribution in [1.29, 1.82) is 0 Å². The summed E-state index contributed by atoms with van der Waals surface area (Å²) in [6.45, 7) is 3.92. The molecule has 1 fully saturated rings. The van der Waals surface area contributed by atoms with E-state index >= 15 is 0 Å². The van der Waals surface area contributed by atoms with Gasteiger partial charge in [-0.3, -0.25) is 4.79 Å². The molecule has 0 spiro atoms. The number of phenols is 1. The van der Waals surface area contributed by atoms with Crippen LogP contribution in [0.4, 0.5) is 27.5 Å². The van der Waals surface area contributed by atoms with E-state index in [1.54, 1.807) is 4.72 Å². The molecule has 1 amide bonds. The van der Waals surface area contributed by atoms with Crippen LogP contribution >= 0.6 is 0 Å². The number of nitrogens with one attached hydrogen (secondary N) is 3. The van der Waals surface area contributed by atoms with E-state index in [9.17, 15) is 27.8 Å². The Hall–Kier alpha value is -3.35. The normalized spacial score (nSPS) is 15.4. The molecule has 2 heterocycles. The summed E-state index contributed by atoms with van der Waals surface area (Å²) in [7, 11) is -4.28. The van der Waals surface area contributed by atoms with E-state index in [4.69, 9.17) is 0 Å². The van der Waals surface area contributed by atoms with Gasteiger partial charge in [0.15, 0.2) is 5.82 Å². The van der Waals surface area contributed by atoms with Crippen LogP contribution in [0.3, 0.4) is 0 Å². The number of aromatic nitrogens is 2. The van der Waals surface area contributed by atoms with Gasteiger partial charge in [-0.25, -0.2) is 13.4 Å². The maximum absolute atomic E-state index is 14.6. The van der Waals surface area contributed by atoms with Gasteiger partial charge in [0.2, 0.25) is 11.8 Å². The minimum absolute atomic E-state index is 0.0000372. The minimum Gasteiger partial charge on any atom is -0.506 e. The number of halogens is 1. The highest BCUT2D eigenvalue weighted by Gasteiger charge is 2.37. The van der Waals surface area contributed by atoms with Crippen LogP contribution in [0.1, 0.15) is 13.8 Å². The third kappa shape index (κ3) is 4.56. The molecule has 0 unspecified atom stereocenters. The minimum atomic E-state index is -4.28. The molecule has 1 aromatic heterocycles. The Morgan fingerprint density at radius 3 is 2.59 bits per heavy atom. The van der Waals surface area contributed by atoms with Gasteiger partial charge in [0.25, 0.3) is 5.91 Å². The fourth-order valence-corrected chi connectivity index (χ4v) is 3.74. The summed E-state index contributed by atoms with van der Waals surface area (Å²) in [5, 5.41) is 25.5. The number of hydrogen-bond donors (Lipinski definition) is 5. The second kappa shape index (κ2) is 7.58. The standard InChI is InChI=1S/C16H19FN6O5S/c1-8(2)6-18-12-5-13(25)21-16(20-12)19-9-3-10(17)15(11(24)4-9)23-7-14(26)22-29(23,27)28/h3-5,8,24H,6-7H2,1-2H3,(H,22,26)(H3,18,19,20,21,25). The summed E-state index contributed by atoms with van der Waals surface area (Å²) in [5.41, 5.74) is -0.662. The SMILES string of the molecule is CC(C)CNc1cc(O)nc(Nc2cc(O)c(N3CC(=O)NS3(=O)=O)c(F)c2)n1. The fourth-order valence-electron chi connectivity index (χ4n) is 2.57. The van der Waals surface area contributed by atoms with Crippen molar-refractivity contribution >= 4 is 39.3 Å². The lowest BCUT2D eigenvalue weighted by atomic mass is 10.2. The lowest BCUT2D eigenvalue weighted by Crippen LogP contribution is -2.30. The first-order valence-corrected chi connectivity index (χ1v) is 9.94. The summed E-state index contributed by atoms with van der Waals surface area (Å²) in [5.74, 6) is -2.40. The number of benzene rings is 1. The van der Waals surface area contributed by atoms with E-state index < -0.39 is 39.9 Å². The summed E-state index contributed by atoms with van der Waals surface area (Å²) in [6.07, 6.45) is 0. The van der Waals surface area contributed by atoms with Crippen molar-refractivity contribution in [2.45, 2.75) is 13.8 Å². The van der Waals surface area contributed by atoms with Gasteiger partial charge in [-0.1, -0.05) is 13.8 Å². The first-order chi connectivity index (χ1) is 13.5. The van der Waals surface area contributed by atoms with Gasteiger partial charge in [-0.2, -0.15) is 18.4 Å². The predicted octanol–water partition coefficient (Wildman–Crippen LogP) is 1.02. The van der Waals surface area contributed by atoms with Gasteiger partial charge in [-0.05, 0) is 12.0 Å². The number of carbonyl (C=O) groups is 1. The number of hydrogen-bond acceptors (Lipinski definition) is 9. The van der Waals surface area contributed by atoms with Crippen molar-refractivity contribution in [2.24, 2.45) is 5.92 Å². The highest BCUT2D eigenvalue weighted by Crippen LogP contribution is 2.36. The summed E-state index contributed by atoms with van der Waals surface area (Å²) in [4.78, 5) is 19.2. The number of rotatable bonds is 6. The molecule has 11 nitrogen and oxygen atoms in total. The third-order valence-corrected chi connectivity index (χ3v) is 5.15. The molecule has 0 aliphatic carbocycles. The van der Waals surface area contributed by atoms with Crippen molar-refractivity contribution in [3.63, 3.8) is 0 Å². The molecule has 13 heteroatoms. The molecule has 0 saturated carbocycles. The quantitative estimate of drug-likeness (QED) is 0.455. The van der Waals surface area contributed by atoms with Gasteiger partial charge in [0.1, 0.15) is 23.8 Å². The van der Waals surface area contributed by atoms with Crippen LogP contribution in [-0.2, 0) is 15.0 Å². The molecule has 3 rings (SSSR count). The average molecular weight is 426 g/mol. The lowest BCUT2D eigenvalue weighted by Gasteiger charge is -2.18. The van der Waals surface area contributed by atoms with Crippen LogP contribution in [-0.4, -0.2) is 47.6 Å². The highest BCUT2D eigenvalue weighted by molar-refractivity contribution is 7.92. The highest BCUT2D eigenvalue weighted by atomic mass is 32.2. The molecule has 1 aliphatic heterocycles. The van der Waals surface area contributed by atoms with E-state index in [1.807, 2.05) is 13.8 Å². The van der Waals surface area contributed by atoms with Crippen LogP contribution in [0, 0.1) is 11.7 Å². The zero-order valence-electron chi connectivity index (χ0n) is 15.5. The maximum atomic E-state index is 14.6. The monoisotopic (exact) mass is 426 g/mol. The van der Waals surface area contributed by atoms with Crippen LogP contribution in [0.2, 0.25) is 0 Å². The van der Waals surface area contributed by atoms with Crippen molar-refractivity contribution in [3.05, 3.63) is 24.0 Å². The van der Waals surface area contributed by atoms with Crippen LogP contribution in [0.15, 0.2) is 18.2 Å². The summed E-state index contributed by atoms with van der Waals surface area (Å²) >= 11 is 0. The molecule has 29 heavy (non-hydrogen) atoms. The molecule has 156 valence electrons. The summed E-state index contributed by atoms with van der Waals surface area (Å²) in [6, 6.07) is 3.27. The van der Waals surface area contributed by atoms with Gasteiger partial charge in [-0.15, -0.1) is 0 Å². The number of amides is 1. The third-order valence-electron chi connectivity index (χ3n) is 3.77. The van der Waals surface area contributed by atoms with E-state index in [0.29, 0.717) is 22.6 Å². The molecule has 0 atom stereocenters.